The van der Waals surface area contributed by atoms with Crippen molar-refractivity contribution in [2.75, 3.05) is 19.0 Å². The van der Waals surface area contributed by atoms with Gasteiger partial charge in [0, 0.05) is 23.7 Å². The highest BCUT2D eigenvalue weighted by Crippen LogP contribution is 2.32. The number of carbonyl (C=O) groups excluding carboxylic acids is 3. The van der Waals surface area contributed by atoms with Crippen LogP contribution in [0.4, 0.5) is 5.69 Å². The van der Waals surface area contributed by atoms with Crippen molar-refractivity contribution in [2.24, 2.45) is 0 Å². The molecule has 1 aliphatic heterocycles. The first kappa shape index (κ1) is 25.0. The third-order valence-electron chi connectivity index (χ3n) is 4.90. The van der Waals surface area contributed by atoms with Crippen molar-refractivity contribution in [3.05, 3.63) is 69.6 Å². The molecule has 0 bridgehead atoms. The standard InChI is InChI=1S/C24H23ClN2O4S2/c1-31-23(30)17-11-9-16(10-12-17)14-20-22(29)27(24(32)33-20)13-4-2-3-8-21(28)26-19-7-5-6-18(25)15-19/h5-7,9-12,14-15H,2-4,8,13H2,1H3,(H,26,28)/b20-14-. The van der Waals surface area contributed by atoms with Gasteiger partial charge >= 0.3 is 5.97 Å². The van der Waals surface area contributed by atoms with Crippen LogP contribution in [0.3, 0.4) is 0 Å². The van der Waals surface area contributed by atoms with Gasteiger partial charge in [-0.05, 0) is 54.8 Å². The number of nitrogens with one attached hydrogen (secondary N) is 1. The van der Waals surface area contributed by atoms with Crippen LogP contribution >= 0.6 is 35.6 Å². The van der Waals surface area contributed by atoms with Crippen LogP contribution in [0, 0.1) is 0 Å². The summed E-state index contributed by atoms with van der Waals surface area (Å²) in [4.78, 5) is 38.5. The van der Waals surface area contributed by atoms with Gasteiger partial charge in [-0.25, -0.2) is 4.79 Å². The summed E-state index contributed by atoms with van der Waals surface area (Å²) in [6, 6.07) is 13.9. The Hall–Kier alpha value is -2.68. The van der Waals surface area contributed by atoms with Gasteiger partial charge in [0.05, 0.1) is 17.6 Å². The predicted octanol–water partition coefficient (Wildman–Crippen LogP) is 5.53. The van der Waals surface area contributed by atoms with E-state index in [2.05, 4.69) is 5.32 Å². The highest BCUT2D eigenvalue weighted by atomic mass is 35.5. The smallest absolute Gasteiger partial charge is 0.337 e. The van der Waals surface area contributed by atoms with Crippen molar-refractivity contribution in [3.63, 3.8) is 0 Å². The van der Waals surface area contributed by atoms with Crippen LogP contribution in [-0.4, -0.2) is 40.7 Å². The minimum absolute atomic E-state index is 0.0657. The lowest BCUT2D eigenvalue weighted by Gasteiger charge is -2.14. The number of ether oxygens (including phenoxy) is 1. The van der Waals surface area contributed by atoms with E-state index in [-0.39, 0.29) is 11.8 Å². The Balaban J connectivity index is 1.44. The molecular weight excluding hydrogens is 480 g/mol. The fourth-order valence-corrected chi connectivity index (χ4v) is 4.70. The number of esters is 1. The molecule has 0 saturated carbocycles. The summed E-state index contributed by atoms with van der Waals surface area (Å²) >= 11 is 12.6. The summed E-state index contributed by atoms with van der Waals surface area (Å²) in [6.07, 6.45) is 4.42. The van der Waals surface area contributed by atoms with Crippen molar-refractivity contribution in [1.82, 2.24) is 4.90 Å². The molecule has 1 aliphatic rings. The molecule has 0 radical (unpaired) electrons. The number of anilines is 1. The number of nitrogens with zero attached hydrogens (tertiary/aromatic N) is 1. The third kappa shape index (κ3) is 7.15. The Morgan fingerprint density at radius 3 is 2.61 bits per heavy atom. The normalized spacial score (nSPS) is 14.6. The van der Waals surface area contributed by atoms with Crippen LogP contribution in [0.5, 0.6) is 0 Å². The van der Waals surface area contributed by atoms with Gasteiger partial charge in [0.2, 0.25) is 5.91 Å². The molecule has 3 rings (SSSR count). The van der Waals surface area contributed by atoms with Gasteiger partial charge in [0.15, 0.2) is 0 Å². The fraction of sp³-hybridized carbons (Fsp3) is 0.250. The zero-order valence-corrected chi connectivity index (χ0v) is 20.4. The maximum absolute atomic E-state index is 12.7. The lowest BCUT2D eigenvalue weighted by atomic mass is 10.1. The van der Waals surface area contributed by atoms with E-state index in [0.717, 1.165) is 18.4 Å². The average molecular weight is 503 g/mol. The summed E-state index contributed by atoms with van der Waals surface area (Å²) in [5.41, 5.74) is 1.93. The molecule has 2 aromatic rings. The van der Waals surface area contributed by atoms with Crippen molar-refractivity contribution < 1.29 is 19.1 Å². The SMILES string of the molecule is COC(=O)c1ccc(/C=C2\SC(=S)N(CCCCCC(=O)Nc3cccc(Cl)c3)C2=O)cc1. The number of rotatable bonds is 9. The van der Waals surface area contributed by atoms with Gasteiger partial charge in [0.25, 0.3) is 5.91 Å². The minimum Gasteiger partial charge on any atom is -0.465 e. The third-order valence-corrected chi connectivity index (χ3v) is 6.51. The number of thioether (sulfide) groups is 1. The number of halogens is 1. The summed E-state index contributed by atoms with van der Waals surface area (Å²) in [5, 5.41) is 3.40. The van der Waals surface area contributed by atoms with E-state index in [0.29, 0.717) is 44.9 Å². The molecule has 1 saturated heterocycles. The first-order valence-electron chi connectivity index (χ1n) is 10.4. The molecule has 6 nitrogen and oxygen atoms in total. The van der Waals surface area contributed by atoms with E-state index in [1.165, 1.54) is 18.9 Å². The van der Waals surface area contributed by atoms with Crippen molar-refractivity contribution in [1.29, 1.82) is 0 Å². The number of hydrogen-bond acceptors (Lipinski definition) is 6. The second-order valence-electron chi connectivity index (χ2n) is 7.32. The largest absolute Gasteiger partial charge is 0.465 e. The highest BCUT2D eigenvalue weighted by molar-refractivity contribution is 8.26. The highest BCUT2D eigenvalue weighted by Gasteiger charge is 2.31. The van der Waals surface area contributed by atoms with Crippen LogP contribution in [0.25, 0.3) is 6.08 Å². The van der Waals surface area contributed by atoms with E-state index >= 15 is 0 Å². The minimum atomic E-state index is -0.408. The Morgan fingerprint density at radius 1 is 1.15 bits per heavy atom. The molecule has 0 spiro atoms. The Kier molecular flexibility index (Phi) is 9.05. The van der Waals surface area contributed by atoms with Gasteiger partial charge in [-0.15, -0.1) is 0 Å². The molecule has 2 amide bonds. The van der Waals surface area contributed by atoms with Gasteiger partial charge in [-0.2, -0.15) is 0 Å². The maximum atomic E-state index is 12.7. The van der Waals surface area contributed by atoms with E-state index < -0.39 is 5.97 Å². The predicted molar refractivity (Wildman–Crippen MR) is 136 cm³/mol. The van der Waals surface area contributed by atoms with Crippen molar-refractivity contribution >= 4 is 69.4 Å². The first-order chi connectivity index (χ1) is 15.9. The number of amides is 2. The molecule has 1 fully saturated rings. The Bertz CT molecular complexity index is 1090. The lowest BCUT2D eigenvalue weighted by Crippen LogP contribution is -2.29. The van der Waals surface area contributed by atoms with Gasteiger partial charge < -0.3 is 10.1 Å². The molecule has 0 atom stereocenters. The van der Waals surface area contributed by atoms with Crippen LogP contribution < -0.4 is 5.32 Å². The molecule has 9 heteroatoms. The van der Waals surface area contributed by atoms with Gasteiger partial charge in [0.1, 0.15) is 4.32 Å². The lowest BCUT2D eigenvalue weighted by molar-refractivity contribution is -0.122. The van der Waals surface area contributed by atoms with Crippen LogP contribution in [-0.2, 0) is 14.3 Å². The number of thiocarbonyl (C=S) groups is 1. The second-order valence-corrected chi connectivity index (χ2v) is 9.43. The number of methoxy groups -OCH3 is 1. The number of carbonyl (C=O) groups is 3. The van der Waals surface area contributed by atoms with Gasteiger partial charge in [-0.1, -0.05) is 60.2 Å². The summed E-state index contributed by atoms with van der Waals surface area (Å²) in [6.45, 7) is 0.513. The molecule has 33 heavy (non-hydrogen) atoms. The number of benzene rings is 2. The van der Waals surface area contributed by atoms with E-state index in [9.17, 15) is 14.4 Å². The maximum Gasteiger partial charge on any atom is 0.337 e. The Morgan fingerprint density at radius 2 is 1.91 bits per heavy atom. The molecule has 172 valence electrons. The monoisotopic (exact) mass is 502 g/mol. The fourth-order valence-electron chi connectivity index (χ4n) is 3.20. The van der Waals surface area contributed by atoms with E-state index in [1.807, 2.05) is 0 Å². The topological polar surface area (TPSA) is 75.7 Å². The van der Waals surface area contributed by atoms with Gasteiger partial charge in [-0.3, -0.25) is 14.5 Å². The summed E-state index contributed by atoms with van der Waals surface area (Å²) < 4.78 is 5.21. The van der Waals surface area contributed by atoms with Crippen molar-refractivity contribution in [3.8, 4) is 0 Å². The molecule has 0 unspecified atom stereocenters. The molecule has 1 N–H and O–H groups in total. The van der Waals surface area contributed by atoms with Crippen molar-refractivity contribution in [2.45, 2.75) is 25.7 Å². The van der Waals surface area contributed by atoms with Crippen LogP contribution in [0.2, 0.25) is 5.02 Å². The molecular formula is C24H23ClN2O4S2. The summed E-state index contributed by atoms with van der Waals surface area (Å²) in [5.74, 6) is -0.598. The molecule has 0 aromatic heterocycles. The number of unbranched alkanes of at least 4 members (excludes halogenated alkanes) is 2. The van der Waals surface area contributed by atoms with Crippen LogP contribution in [0.1, 0.15) is 41.6 Å². The Labute approximate surface area is 207 Å². The quantitative estimate of drug-likeness (QED) is 0.210. The number of hydrogen-bond donors (Lipinski definition) is 1. The molecule has 0 aliphatic carbocycles. The van der Waals surface area contributed by atoms with E-state index in [4.69, 9.17) is 28.6 Å². The molecule has 2 aromatic carbocycles. The van der Waals surface area contributed by atoms with Crippen LogP contribution in [0.15, 0.2) is 53.4 Å². The molecule has 1 heterocycles. The zero-order valence-electron chi connectivity index (χ0n) is 18.0. The zero-order chi connectivity index (χ0) is 23.8. The average Bonchev–Trinajstić information content (AvgIpc) is 3.06. The summed E-state index contributed by atoms with van der Waals surface area (Å²) in [7, 11) is 1.33. The second kappa shape index (κ2) is 12.0. The first-order valence-corrected chi connectivity index (χ1v) is 12.0. The van der Waals surface area contributed by atoms with E-state index in [1.54, 1.807) is 59.5 Å².